The number of aromatic amines is 1. The number of H-pyrrole nitrogens is 1. The van der Waals surface area contributed by atoms with Crippen molar-refractivity contribution >= 4 is 71.8 Å². The minimum Gasteiger partial charge on any atom is -0.481 e. The molecule has 0 aliphatic heterocycles. The third-order valence-corrected chi connectivity index (χ3v) is 7.75. The topological polar surface area (TPSA) is 376 Å². The van der Waals surface area contributed by atoms with E-state index >= 15 is 0 Å². The predicted octanol–water partition coefficient (Wildman–Crippen LogP) is -5.24. The van der Waals surface area contributed by atoms with E-state index in [1.54, 1.807) is 13.8 Å². The molecule has 5 atom stereocenters. The van der Waals surface area contributed by atoms with Crippen molar-refractivity contribution in [1.82, 2.24) is 47.2 Å². The molecule has 1 heterocycles. The number of nitrogens with zero attached hydrogens (tertiary/aromatic N) is 1. The van der Waals surface area contributed by atoms with Gasteiger partial charge in [-0.05, 0) is 25.2 Å². The first kappa shape index (κ1) is 47.2. The van der Waals surface area contributed by atoms with Crippen LogP contribution in [0.5, 0.6) is 0 Å². The van der Waals surface area contributed by atoms with E-state index in [9.17, 15) is 47.9 Å². The lowest BCUT2D eigenvalue weighted by molar-refractivity contribution is -0.138. The molecule has 23 nitrogen and oxygen atoms in total. The summed E-state index contributed by atoms with van der Waals surface area (Å²) in [7, 11) is 0. The second-order valence-electron chi connectivity index (χ2n) is 12.5. The summed E-state index contributed by atoms with van der Waals surface area (Å²) in [6.45, 7) is 1.37. The smallest absolute Gasteiger partial charge is 0.322 e. The van der Waals surface area contributed by atoms with Gasteiger partial charge in [-0.3, -0.25) is 47.9 Å². The molecule has 306 valence electrons. The van der Waals surface area contributed by atoms with Crippen molar-refractivity contribution in [2.24, 2.45) is 17.4 Å². The Morgan fingerprint density at radius 1 is 0.709 bits per heavy atom. The number of hydrogen-bond donors (Lipinski definition) is 13. The molecule has 0 bridgehead atoms. The molecule has 0 fully saturated rings. The van der Waals surface area contributed by atoms with E-state index in [2.05, 4.69) is 59.8 Å². The third kappa shape index (κ3) is 19.8. The number of nitrogens with one attached hydrogen (secondary N) is 8. The van der Waals surface area contributed by atoms with Gasteiger partial charge in [0.1, 0.15) is 30.7 Å². The van der Waals surface area contributed by atoms with Gasteiger partial charge in [-0.1, -0.05) is 13.8 Å². The van der Waals surface area contributed by atoms with E-state index in [0.29, 0.717) is 5.69 Å². The van der Waals surface area contributed by atoms with Crippen molar-refractivity contribution in [2.45, 2.75) is 82.6 Å². The first-order chi connectivity index (χ1) is 25.8. The number of aliphatic carboxylic acids is 2. The molecule has 1 aromatic heterocycles. The standard InChI is InChI=1S/C31H49N11O12S/c1-15(2)7-19(28(51)37-12-26(48)49)41-30(53)18(4-6-25(46)47)39-24(45)11-35-23(44)10-36-29(52)21(13-55)42-31(54)20(8-16-9-34-14-38-16)40-27(50)17(32)3-5-22(33)43/h9,14-15,17-21,55H,3-8,10-13,32H2,1-2H3,(H2,33,43)(H,34,38)(H,35,44)(H,36,52)(H,37,51)(H,39,45)(H,40,50)(H,41,53)(H,42,54)(H,46,47)(H,48,49)/t17-,18-,19-,20-,21-/m0/s1. The number of carbonyl (C=O) groups excluding carboxylic acids is 8. The minimum absolute atomic E-state index is 0.0812. The van der Waals surface area contributed by atoms with Gasteiger partial charge in [-0.2, -0.15) is 12.6 Å². The monoisotopic (exact) mass is 799 g/mol. The molecule has 0 saturated carbocycles. The Balaban J connectivity index is 2.81. The normalized spacial score (nSPS) is 13.5. The highest BCUT2D eigenvalue weighted by Crippen LogP contribution is 2.07. The number of rotatable bonds is 26. The van der Waals surface area contributed by atoms with Crippen LogP contribution in [0.1, 0.15) is 51.6 Å². The van der Waals surface area contributed by atoms with Crippen molar-refractivity contribution in [2.75, 3.05) is 25.4 Å². The summed E-state index contributed by atoms with van der Waals surface area (Å²) >= 11 is 4.08. The van der Waals surface area contributed by atoms with Crippen molar-refractivity contribution in [3.63, 3.8) is 0 Å². The maximum atomic E-state index is 13.2. The van der Waals surface area contributed by atoms with Gasteiger partial charge < -0.3 is 63.9 Å². The van der Waals surface area contributed by atoms with Crippen molar-refractivity contribution < 1.29 is 58.2 Å². The van der Waals surface area contributed by atoms with Gasteiger partial charge in [-0.15, -0.1) is 0 Å². The second-order valence-corrected chi connectivity index (χ2v) is 12.9. The zero-order valence-corrected chi connectivity index (χ0v) is 31.1. The van der Waals surface area contributed by atoms with E-state index in [1.165, 1.54) is 12.5 Å². The molecule has 55 heavy (non-hydrogen) atoms. The van der Waals surface area contributed by atoms with E-state index in [-0.39, 0.29) is 37.4 Å². The van der Waals surface area contributed by atoms with E-state index < -0.39 is 122 Å². The first-order valence-corrected chi connectivity index (χ1v) is 17.5. The van der Waals surface area contributed by atoms with Crippen molar-refractivity contribution in [3.8, 4) is 0 Å². The van der Waals surface area contributed by atoms with Crippen LogP contribution >= 0.6 is 12.6 Å². The summed E-state index contributed by atoms with van der Waals surface area (Å²) in [5.41, 5.74) is 11.4. The number of primary amides is 1. The number of amides is 8. The largest absolute Gasteiger partial charge is 0.481 e. The number of aromatic nitrogens is 2. The quantitative estimate of drug-likeness (QED) is 0.0390. The van der Waals surface area contributed by atoms with Crippen LogP contribution in [-0.2, 0) is 54.4 Å². The first-order valence-electron chi connectivity index (χ1n) is 16.9. The Kier molecular flexibility index (Phi) is 21.1. The molecule has 0 unspecified atom stereocenters. The van der Waals surface area contributed by atoms with Crippen LogP contribution in [0.25, 0.3) is 0 Å². The van der Waals surface area contributed by atoms with Crippen LogP contribution in [0.4, 0.5) is 0 Å². The summed E-state index contributed by atoms with van der Waals surface area (Å²) in [6.07, 6.45) is 1.55. The molecule has 0 radical (unpaired) electrons. The number of carbonyl (C=O) groups is 10. The number of nitrogens with two attached hydrogens (primary N) is 2. The van der Waals surface area contributed by atoms with Crippen LogP contribution in [0, 0.1) is 5.92 Å². The molecule has 8 amide bonds. The number of carboxylic acid groups (broad SMARTS) is 2. The molecule has 0 aromatic carbocycles. The summed E-state index contributed by atoms with van der Waals surface area (Å²) in [5.74, 6) is -9.64. The molecular formula is C31H49N11O12S. The van der Waals surface area contributed by atoms with Gasteiger partial charge in [0.25, 0.3) is 0 Å². The Morgan fingerprint density at radius 3 is 1.85 bits per heavy atom. The van der Waals surface area contributed by atoms with Crippen LogP contribution in [0.3, 0.4) is 0 Å². The average Bonchev–Trinajstić information content (AvgIpc) is 3.63. The maximum absolute atomic E-state index is 13.2. The summed E-state index contributed by atoms with van der Waals surface area (Å²) in [5, 5.41) is 34.2. The van der Waals surface area contributed by atoms with Crippen LogP contribution in [-0.4, -0.2) is 135 Å². The van der Waals surface area contributed by atoms with Gasteiger partial charge in [0.05, 0.1) is 25.5 Å². The zero-order valence-electron chi connectivity index (χ0n) is 30.2. The van der Waals surface area contributed by atoms with E-state index in [0.717, 1.165) is 0 Å². The van der Waals surface area contributed by atoms with Gasteiger partial charge >= 0.3 is 11.9 Å². The molecule has 1 aromatic rings. The summed E-state index contributed by atoms with van der Waals surface area (Å²) in [4.78, 5) is 129. The van der Waals surface area contributed by atoms with E-state index in [4.69, 9.17) is 21.7 Å². The fraction of sp³-hybridized carbons (Fsp3) is 0.581. The van der Waals surface area contributed by atoms with Crippen LogP contribution < -0.4 is 48.7 Å². The number of imidazole rings is 1. The molecule has 0 saturated heterocycles. The third-order valence-electron chi connectivity index (χ3n) is 7.39. The molecule has 0 spiro atoms. The lowest BCUT2D eigenvalue weighted by Gasteiger charge is -2.24. The molecular weight excluding hydrogens is 750 g/mol. The Labute approximate surface area is 320 Å². The summed E-state index contributed by atoms with van der Waals surface area (Å²) in [6, 6.07) is -6.41. The highest BCUT2D eigenvalue weighted by atomic mass is 32.1. The molecule has 0 aliphatic carbocycles. The lowest BCUT2D eigenvalue weighted by atomic mass is 10.0. The van der Waals surface area contributed by atoms with Gasteiger partial charge in [-0.25, -0.2) is 4.98 Å². The second kappa shape index (κ2) is 24.5. The minimum atomic E-state index is -1.46. The highest BCUT2D eigenvalue weighted by Gasteiger charge is 2.30. The fourth-order valence-corrected chi connectivity index (χ4v) is 4.83. The predicted molar refractivity (Wildman–Crippen MR) is 193 cm³/mol. The van der Waals surface area contributed by atoms with Crippen LogP contribution in [0.2, 0.25) is 0 Å². The molecule has 24 heteroatoms. The van der Waals surface area contributed by atoms with E-state index in [1.807, 2.05) is 0 Å². The van der Waals surface area contributed by atoms with Crippen molar-refractivity contribution in [1.29, 1.82) is 0 Å². The zero-order chi connectivity index (χ0) is 41.7. The van der Waals surface area contributed by atoms with Gasteiger partial charge in [0.2, 0.25) is 47.3 Å². The number of hydrogen-bond acceptors (Lipinski definition) is 13. The van der Waals surface area contributed by atoms with Gasteiger partial charge in [0, 0.05) is 36.9 Å². The van der Waals surface area contributed by atoms with Gasteiger partial charge in [0.15, 0.2) is 0 Å². The highest BCUT2D eigenvalue weighted by molar-refractivity contribution is 7.80. The molecule has 0 aliphatic rings. The number of carboxylic acids is 2. The molecule has 1 rings (SSSR count). The number of thiol groups is 1. The summed E-state index contributed by atoms with van der Waals surface area (Å²) < 4.78 is 0. The van der Waals surface area contributed by atoms with Crippen LogP contribution in [0.15, 0.2) is 12.5 Å². The molecule has 14 N–H and O–H groups in total. The Morgan fingerprint density at radius 2 is 1.29 bits per heavy atom. The fourth-order valence-electron chi connectivity index (χ4n) is 4.57. The lowest BCUT2D eigenvalue weighted by Crippen LogP contribution is -2.57. The Hall–Kier alpha value is -5.78. The average molecular weight is 800 g/mol. The Bertz CT molecular complexity index is 1530. The SMILES string of the molecule is CC(C)C[C@H](NC(=O)[C@H](CCC(=O)O)NC(=O)CNC(=O)CNC(=O)[C@H](CS)NC(=O)[C@H](Cc1cnc[nH]1)NC(=O)[C@@H](N)CCC(N)=O)C(=O)NCC(=O)O. The maximum Gasteiger partial charge on any atom is 0.322 e. The van der Waals surface area contributed by atoms with Crippen molar-refractivity contribution in [3.05, 3.63) is 18.2 Å².